The van der Waals surface area contributed by atoms with E-state index in [2.05, 4.69) is 51.3 Å². The Morgan fingerprint density at radius 3 is 2.52 bits per heavy atom. The monoisotopic (exact) mass is 325 g/mol. The molecule has 1 atom stereocenters. The fraction of sp³-hybridized carbons (Fsp3) is 0.278. The lowest BCUT2D eigenvalue weighted by molar-refractivity contribution is 0.0909. The molecule has 0 spiro atoms. The zero-order chi connectivity index (χ0) is 15.8. The molecule has 0 aliphatic carbocycles. The number of hydrogen-bond acceptors (Lipinski definition) is 3. The van der Waals surface area contributed by atoms with E-state index in [0.29, 0.717) is 0 Å². The van der Waals surface area contributed by atoms with Crippen molar-refractivity contribution in [2.75, 3.05) is 25.1 Å². The molecule has 0 N–H and O–H groups in total. The van der Waals surface area contributed by atoms with Crippen molar-refractivity contribution in [2.45, 2.75) is 12.6 Å². The second-order valence-corrected chi connectivity index (χ2v) is 6.11. The highest BCUT2D eigenvalue weighted by molar-refractivity contribution is 7.80. The van der Waals surface area contributed by atoms with Crippen molar-refractivity contribution in [1.29, 1.82) is 0 Å². The maximum atomic E-state index is 5.79. The van der Waals surface area contributed by atoms with Crippen LogP contribution < -0.4 is 9.64 Å². The summed E-state index contributed by atoms with van der Waals surface area (Å²) in [5, 5.41) is 5.44. The van der Waals surface area contributed by atoms with Crippen LogP contribution in [0.4, 0.5) is 5.69 Å². The zero-order valence-electron chi connectivity index (χ0n) is 13.1. The predicted octanol–water partition coefficient (Wildman–Crippen LogP) is 3.42. The molecule has 2 aromatic carbocycles. The van der Waals surface area contributed by atoms with E-state index in [4.69, 9.17) is 17.0 Å². The van der Waals surface area contributed by atoms with Gasteiger partial charge in [0, 0.05) is 24.3 Å². The number of methoxy groups -OCH3 is 1. The summed E-state index contributed by atoms with van der Waals surface area (Å²) < 4.78 is 5.61. The highest BCUT2D eigenvalue weighted by atomic mass is 32.1. The highest BCUT2D eigenvalue weighted by Crippen LogP contribution is 2.43. The van der Waals surface area contributed by atoms with Crippen LogP contribution in [0.15, 0.2) is 54.6 Å². The lowest BCUT2D eigenvalue weighted by atomic mass is 10.1. The molecule has 2 saturated heterocycles. The van der Waals surface area contributed by atoms with E-state index < -0.39 is 0 Å². The second-order valence-electron chi connectivity index (χ2n) is 5.74. The highest BCUT2D eigenvalue weighted by Gasteiger charge is 2.46. The van der Waals surface area contributed by atoms with E-state index >= 15 is 0 Å². The molecule has 2 aromatic rings. The number of nitrogens with zero attached hydrogens (tertiary/aromatic N) is 3. The van der Waals surface area contributed by atoms with E-state index in [-0.39, 0.29) is 6.17 Å². The molecule has 2 aliphatic heterocycles. The predicted molar refractivity (Wildman–Crippen MR) is 95.3 cm³/mol. The Hall–Kier alpha value is -2.11. The van der Waals surface area contributed by atoms with Gasteiger partial charge in [-0.15, -0.1) is 0 Å². The molecule has 2 fully saturated rings. The average Bonchev–Trinajstić information content (AvgIpc) is 3.18. The molecule has 2 heterocycles. The van der Waals surface area contributed by atoms with Crippen molar-refractivity contribution in [3.8, 4) is 5.75 Å². The molecule has 4 nitrogen and oxygen atoms in total. The van der Waals surface area contributed by atoms with Crippen LogP contribution >= 0.6 is 12.2 Å². The van der Waals surface area contributed by atoms with Gasteiger partial charge >= 0.3 is 0 Å². The first-order valence-corrected chi connectivity index (χ1v) is 8.27. The Balaban J connectivity index is 1.84. The summed E-state index contributed by atoms with van der Waals surface area (Å²) >= 11 is 5.79. The molecule has 0 amide bonds. The van der Waals surface area contributed by atoms with E-state index in [0.717, 1.165) is 41.6 Å². The molecule has 23 heavy (non-hydrogen) atoms. The van der Waals surface area contributed by atoms with Gasteiger partial charge in [-0.2, -0.15) is 5.01 Å². The first-order valence-electron chi connectivity index (χ1n) is 7.86. The van der Waals surface area contributed by atoms with Crippen molar-refractivity contribution in [2.24, 2.45) is 0 Å². The van der Waals surface area contributed by atoms with Gasteiger partial charge in [0.2, 0.25) is 0 Å². The number of fused-ring (bicyclic) bond motifs is 1. The zero-order valence-corrected chi connectivity index (χ0v) is 13.9. The van der Waals surface area contributed by atoms with Crippen LogP contribution in [-0.2, 0) is 0 Å². The van der Waals surface area contributed by atoms with Crippen LogP contribution in [-0.4, -0.2) is 35.3 Å². The number of hydrazine groups is 1. The summed E-state index contributed by atoms with van der Waals surface area (Å²) in [6, 6.07) is 18.6. The third kappa shape index (κ3) is 2.28. The smallest absolute Gasteiger partial charge is 0.192 e. The number of hydrogen-bond donors (Lipinski definition) is 0. The van der Waals surface area contributed by atoms with Crippen molar-refractivity contribution >= 4 is 23.0 Å². The summed E-state index contributed by atoms with van der Waals surface area (Å²) in [6.07, 6.45) is 1.18. The quantitative estimate of drug-likeness (QED) is 0.803. The Morgan fingerprint density at radius 1 is 1.00 bits per heavy atom. The van der Waals surface area contributed by atoms with Gasteiger partial charge in [-0.05, 0) is 36.8 Å². The van der Waals surface area contributed by atoms with Crippen molar-refractivity contribution in [1.82, 2.24) is 10.0 Å². The third-order valence-electron chi connectivity index (χ3n) is 4.47. The normalized spacial score (nSPS) is 20.9. The standard InChI is InChI=1S/C18H19N3OS/c1-22-16-11-6-5-10-15(16)17-19-12-7-13-20(19)18(23)21(17)14-8-3-2-4-9-14/h2-6,8-11,17H,7,12-13H2,1H3. The topological polar surface area (TPSA) is 19.0 Å². The number of thiocarbonyl (C=S) groups is 1. The number of benzene rings is 2. The van der Waals surface area contributed by atoms with Gasteiger partial charge < -0.3 is 4.74 Å². The molecule has 0 radical (unpaired) electrons. The maximum absolute atomic E-state index is 5.79. The van der Waals surface area contributed by atoms with Gasteiger partial charge in [0.1, 0.15) is 11.9 Å². The minimum absolute atomic E-state index is 0.0450. The molecule has 1 unspecified atom stereocenters. The lowest BCUT2D eigenvalue weighted by Gasteiger charge is -2.29. The lowest BCUT2D eigenvalue weighted by Crippen LogP contribution is -2.32. The van der Waals surface area contributed by atoms with Crippen LogP contribution in [0.2, 0.25) is 0 Å². The van der Waals surface area contributed by atoms with Gasteiger partial charge in [-0.25, -0.2) is 0 Å². The van der Waals surface area contributed by atoms with Crippen molar-refractivity contribution < 1.29 is 4.74 Å². The summed E-state index contributed by atoms with van der Waals surface area (Å²) in [4.78, 5) is 2.23. The first kappa shape index (κ1) is 14.5. The van der Waals surface area contributed by atoms with E-state index in [1.807, 2.05) is 18.2 Å². The molecular formula is C18H19N3OS. The fourth-order valence-electron chi connectivity index (χ4n) is 3.47. The number of para-hydroxylation sites is 2. The average molecular weight is 325 g/mol. The summed E-state index contributed by atoms with van der Waals surface area (Å²) in [5.74, 6) is 0.898. The van der Waals surface area contributed by atoms with E-state index in [1.165, 1.54) is 0 Å². The summed E-state index contributed by atoms with van der Waals surface area (Å²) in [5.41, 5.74) is 2.26. The fourth-order valence-corrected chi connectivity index (χ4v) is 3.87. The molecular weight excluding hydrogens is 306 g/mol. The van der Waals surface area contributed by atoms with Gasteiger partial charge in [0.05, 0.1) is 7.11 Å². The number of anilines is 1. The van der Waals surface area contributed by atoms with Gasteiger partial charge in [-0.3, -0.25) is 9.91 Å². The largest absolute Gasteiger partial charge is 0.496 e. The minimum Gasteiger partial charge on any atom is -0.496 e. The number of ether oxygens (including phenoxy) is 1. The van der Waals surface area contributed by atoms with Crippen molar-refractivity contribution in [3.05, 3.63) is 60.2 Å². The Morgan fingerprint density at radius 2 is 1.74 bits per heavy atom. The second kappa shape index (κ2) is 5.83. The van der Waals surface area contributed by atoms with Gasteiger partial charge in [0.15, 0.2) is 5.11 Å². The molecule has 118 valence electrons. The molecule has 0 bridgehead atoms. The van der Waals surface area contributed by atoms with Crippen LogP contribution in [0, 0.1) is 0 Å². The molecule has 2 aliphatic rings. The van der Waals surface area contributed by atoms with Crippen LogP contribution in [0.5, 0.6) is 5.75 Å². The SMILES string of the molecule is COc1ccccc1C1N(c2ccccc2)C(=S)N2CCCN12. The maximum Gasteiger partial charge on any atom is 0.192 e. The van der Waals surface area contributed by atoms with Crippen LogP contribution in [0.1, 0.15) is 18.2 Å². The molecule has 4 rings (SSSR count). The van der Waals surface area contributed by atoms with Crippen LogP contribution in [0.3, 0.4) is 0 Å². The summed E-state index contributed by atoms with van der Waals surface area (Å²) in [6.45, 7) is 1.99. The molecule has 0 aromatic heterocycles. The minimum atomic E-state index is 0.0450. The van der Waals surface area contributed by atoms with E-state index in [9.17, 15) is 0 Å². The van der Waals surface area contributed by atoms with Crippen LogP contribution in [0.25, 0.3) is 0 Å². The third-order valence-corrected chi connectivity index (χ3v) is 4.88. The number of rotatable bonds is 3. The van der Waals surface area contributed by atoms with E-state index in [1.54, 1.807) is 7.11 Å². The van der Waals surface area contributed by atoms with Crippen molar-refractivity contribution in [3.63, 3.8) is 0 Å². The Labute approximate surface area is 141 Å². The first-order chi connectivity index (χ1) is 11.3. The van der Waals surface area contributed by atoms with Gasteiger partial charge in [-0.1, -0.05) is 36.4 Å². The Bertz CT molecular complexity index is 721. The summed E-state index contributed by atoms with van der Waals surface area (Å²) in [7, 11) is 1.72. The Kier molecular flexibility index (Phi) is 3.67. The molecule has 5 heteroatoms. The molecule has 0 saturated carbocycles. The van der Waals surface area contributed by atoms with Gasteiger partial charge in [0.25, 0.3) is 0 Å².